The van der Waals surface area contributed by atoms with E-state index in [1.165, 1.54) is 0 Å². The monoisotopic (exact) mass is 204 g/mol. The molecule has 1 aromatic rings. The van der Waals surface area contributed by atoms with Gasteiger partial charge < -0.3 is 0 Å². The van der Waals surface area contributed by atoms with Crippen LogP contribution in [0.15, 0.2) is 9.27 Å². The Labute approximate surface area is 67.2 Å². The van der Waals surface area contributed by atoms with Crippen molar-refractivity contribution in [2.45, 2.75) is 13.3 Å². The minimum atomic E-state index is -0.0562. The molecule has 0 aliphatic rings. The molecule has 0 bridgehead atoms. The highest BCUT2D eigenvalue weighted by Crippen LogP contribution is 2.09. The van der Waals surface area contributed by atoms with Crippen molar-refractivity contribution in [3.8, 4) is 0 Å². The van der Waals surface area contributed by atoms with E-state index >= 15 is 0 Å². The Kier molecular flexibility index (Phi) is 1.99. The maximum Gasteiger partial charge on any atom is 0.278 e. The fourth-order valence-electron chi connectivity index (χ4n) is 0.940. The van der Waals surface area contributed by atoms with Gasteiger partial charge in [0.15, 0.2) is 0 Å². The predicted molar refractivity (Wildman–Crippen MR) is 43.1 cm³/mol. The van der Waals surface area contributed by atoms with Gasteiger partial charge in [0.1, 0.15) is 4.47 Å². The molecule has 1 N–H and O–H groups in total. The van der Waals surface area contributed by atoms with Crippen molar-refractivity contribution in [1.29, 1.82) is 0 Å². The number of nitrogens with zero attached hydrogens (tertiary/aromatic N) is 1. The number of aromatic nitrogens is 2. The summed E-state index contributed by atoms with van der Waals surface area (Å²) in [5, 5.41) is 2.64. The van der Waals surface area contributed by atoms with Crippen LogP contribution in [-0.2, 0) is 13.5 Å². The average Bonchev–Trinajstić information content (AvgIpc) is 2.09. The fourth-order valence-corrected chi connectivity index (χ4v) is 1.57. The second-order valence-corrected chi connectivity index (χ2v) is 2.91. The zero-order valence-corrected chi connectivity index (χ0v) is 7.53. The number of hydrogen-bond acceptors (Lipinski definition) is 1. The first-order chi connectivity index (χ1) is 4.66. The van der Waals surface area contributed by atoms with Crippen molar-refractivity contribution >= 4 is 15.9 Å². The van der Waals surface area contributed by atoms with Crippen molar-refractivity contribution in [2.75, 3.05) is 0 Å². The Morgan fingerprint density at radius 1 is 1.70 bits per heavy atom. The molecule has 10 heavy (non-hydrogen) atoms. The summed E-state index contributed by atoms with van der Waals surface area (Å²) in [4.78, 5) is 10.9. The Hall–Kier alpha value is -0.510. The van der Waals surface area contributed by atoms with E-state index in [0.717, 1.165) is 12.1 Å². The maximum atomic E-state index is 10.9. The van der Waals surface area contributed by atoms with Crippen LogP contribution in [-0.4, -0.2) is 9.78 Å². The van der Waals surface area contributed by atoms with E-state index in [9.17, 15) is 4.79 Å². The van der Waals surface area contributed by atoms with E-state index in [-0.39, 0.29) is 5.56 Å². The topological polar surface area (TPSA) is 37.8 Å². The van der Waals surface area contributed by atoms with Crippen molar-refractivity contribution in [2.24, 2.45) is 7.05 Å². The number of halogens is 1. The zero-order valence-electron chi connectivity index (χ0n) is 5.94. The molecule has 0 amide bonds. The largest absolute Gasteiger partial charge is 0.291 e. The quantitative estimate of drug-likeness (QED) is 0.730. The minimum Gasteiger partial charge on any atom is -0.291 e. The third-order valence-corrected chi connectivity index (χ3v) is 2.28. The van der Waals surface area contributed by atoms with E-state index in [0.29, 0.717) is 4.47 Å². The van der Waals surface area contributed by atoms with Crippen LogP contribution in [0.3, 0.4) is 0 Å². The molecule has 1 aromatic heterocycles. The van der Waals surface area contributed by atoms with Crippen LogP contribution >= 0.6 is 15.9 Å². The minimum absolute atomic E-state index is 0.0562. The number of aromatic amines is 1. The molecular weight excluding hydrogens is 196 g/mol. The van der Waals surface area contributed by atoms with Crippen molar-refractivity contribution in [3.05, 3.63) is 20.5 Å². The van der Waals surface area contributed by atoms with Crippen LogP contribution in [0.5, 0.6) is 0 Å². The molecule has 1 heterocycles. The first-order valence-corrected chi connectivity index (χ1v) is 3.89. The highest BCUT2D eigenvalue weighted by atomic mass is 79.9. The molecule has 0 unspecified atom stereocenters. The van der Waals surface area contributed by atoms with Crippen molar-refractivity contribution < 1.29 is 0 Å². The van der Waals surface area contributed by atoms with Crippen LogP contribution in [0, 0.1) is 0 Å². The standard InChI is InChI=1S/C6H9BrN2O/c1-3-4-5(7)6(10)8-9(4)2/h3H2,1-2H3,(H,8,10). The van der Waals surface area contributed by atoms with Gasteiger partial charge in [0, 0.05) is 7.05 Å². The summed E-state index contributed by atoms with van der Waals surface area (Å²) >= 11 is 3.20. The molecule has 4 heteroatoms. The molecule has 0 atom stereocenters. The third kappa shape index (κ3) is 1.03. The molecule has 0 aromatic carbocycles. The lowest BCUT2D eigenvalue weighted by Gasteiger charge is -1.95. The van der Waals surface area contributed by atoms with Gasteiger partial charge in [-0.25, -0.2) is 0 Å². The molecule has 0 saturated carbocycles. The third-order valence-electron chi connectivity index (χ3n) is 1.46. The van der Waals surface area contributed by atoms with Crippen LogP contribution in [0.2, 0.25) is 0 Å². The second kappa shape index (κ2) is 2.62. The predicted octanol–water partition coefficient (Wildman–Crippen LogP) is 1.04. The average molecular weight is 205 g/mol. The van der Waals surface area contributed by atoms with Crippen molar-refractivity contribution in [3.63, 3.8) is 0 Å². The van der Waals surface area contributed by atoms with Crippen LogP contribution < -0.4 is 5.56 Å². The highest BCUT2D eigenvalue weighted by molar-refractivity contribution is 9.10. The van der Waals surface area contributed by atoms with E-state index in [4.69, 9.17) is 0 Å². The van der Waals surface area contributed by atoms with Gasteiger partial charge in [0.05, 0.1) is 5.69 Å². The summed E-state index contributed by atoms with van der Waals surface area (Å²) in [7, 11) is 1.82. The van der Waals surface area contributed by atoms with Gasteiger partial charge in [-0.05, 0) is 22.4 Å². The first-order valence-electron chi connectivity index (χ1n) is 3.10. The van der Waals surface area contributed by atoms with E-state index in [1.807, 2.05) is 14.0 Å². The van der Waals surface area contributed by atoms with E-state index < -0.39 is 0 Å². The number of rotatable bonds is 1. The summed E-state index contributed by atoms with van der Waals surface area (Å²) in [6.07, 6.45) is 0.857. The van der Waals surface area contributed by atoms with Crippen LogP contribution in [0.25, 0.3) is 0 Å². The lowest BCUT2D eigenvalue weighted by Crippen LogP contribution is -2.02. The van der Waals surface area contributed by atoms with Crippen LogP contribution in [0.1, 0.15) is 12.6 Å². The Morgan fingerprint density at radius 3 is 2.50 bits per heavy atom. The second-order valence-electron chi connectivity index (χ2n) is 2.11. The molecular formula is C6H9BrN2O. The van der Waals surface area contributed by atoms with Gasteiger partial charge >= 0.3 is 0 Å². The molecule has 56 valence electrons. The maximum absolute atomic E-state index is 10.9. The highest BCUT2D eigenvalue weighted by Gasteiger charge is 2.05. The smallest absolute Gasteiger partial charge is 0.278 e. The molecule has 0 radical (unpaired) electrons. The fraction of sp³-hybridized carbons (Fsp3) is 0.500. The van der Waals surface area contributed by atoms with E-state index in [2.05, 4.69) is 21.0 Å². The van der Waals surface area contributed by atoms with Gasteiger partial charge in [-0.1, -0.05) is 6.92 Å². The SMILES string of the molecule is CCc1c(Br)c(=O)[nH]n1C. The molecule has 0 saturated heterocycles. The van der Waals surface area contributed by atoms with Crippen molar-refractivity contribution in [1.82, 2.24) is 9.78 Å². The first kappa shape index (κ1) is 7.60. The van der Waals surface area contributed by atoms with Gasteiger partial charge in [0.25, 0.3) is 5.56 Å². The van der Waals surface area contributed by atoms with Gasteiger partial charge in [0.2, 0.25) is 0 Å². The molecule has 0 aliphatic heterocycles. The Morgan fingerprint density at radius 2 is 2.30 bits per heavy atom. The number of nitrogens with one attached hydrogen (secondary N) is 1. The molecule has 1 rings (SSSR count). The summed E-state index contributed by atoms with van der Waals surface area (Å²) in [6.45, 7) is 2.01. The number of hydrogen-bond donors (Lipinski definition) is 1. The zero-order chi connectivity index (χ0) is 7.72. The normalized spacial score (nSPS) is 10.3. The molecule has 3 nitrogen and oxygen atoms in total. The van der Waals surface area contributed by atoms with Gasteiger partial charge in [-0.2, -0.15) is 0 Å². The summed E-state index contributed by atoms with van der Waals surface area (Å²) in [5.41, 5.74) is 0.948. The summed E-state index contributed by atoms with van der Waals surface area (Å²) in [6, 6.07) is 0. The Balaban J connectivity index is 3.34. The molecule has 0 aliphatic carbocycles. The number of aryl methyl sites for hydroxylation is 1. The summed E-state index contributed by atoms with van der Waals surface area (Å²) < 4.78 is 2.38. The lowest BCUT2D eigenvalue weighted by atomic mass is 10.3. The van der Waals surface area contributed by atoms with Gasteiger partial charge in [-0.15, -0.1) is 0 Å². The molecule has 0 fully saturated rings. The van der Waals surface area contributed by atoms with Gasteiger partial charge in [-0.3, -0.25) is 14.6 Å². The summed E-state index contributed by atoms with van der Waals surface area (Å²) in [5.74, 6) is 0. The van der Waals surface area contributed by atoms with Crippen LogP contribution in [0.4, 0.5) is 0 Å². The lowest BCUT2D eigenvalue weighted by molar-refractivity contribution is 0.710. The number of H-pyrrole nitrogens is 1. The Bertz CT molecular complexity index is 286. The van der Waals surface area contributed by atoms with E-state index in [1.54, 1.807) is 4.68 Å². The molecule has 0 spiro atoms.